The van der Waals surface area contributed by atoms with Crippen molar-refractivity contribution in [3.8, 4) is 0 Å². The fourth-order valence-corrected chi connectivity index (χ4v) is 2.52. The van der Waals surface area contributed by atoms with E-state index >= 15 is 0 Å². The molecule has 2 rings (SSSR count). The monoisotopic (exact) mass is 327 g/mol. The maximum atomic E-state index is 13.8. The zero-order valence-electron chi connectivity index (χ0n) is 12.8. The zero-order valence-corrected chi connectivity index (χ0v) is 12.8. The molecule has 0 spiro atoms. The normalized spacial score (nSPS) is 17.2. The van der Waals surface area contributed by atoms with Gasteiger partial charge in [0, 0.05) is 32.7 Å². The van der Waals surface area contributed by atoms with Crippen molar-refractivity contribution in [2.24, 2.45) is 0 Å². The molecule has 0 saturated carbocycles. The molecule has 8 heteroatoms. The number of benzene rings is 1. The lowest BCUT2D eigenvalue weighted by molar-refractivity contribution is -0.137. The van der Waals surface area contributed by atoms with Crippen molar-refractivity contribution in [3.05, 3.63) is 29.8 Å². The van der Waals surface area contributed by atoms with Crippen LogP contribution >= 0.6 is 0 Å². The fourth-order valence-electron chi connectivity index (χ4n) is 2.52. The van der Waals surface area contributed by atoms with Gasteiger partial charge in [0.1, 0.15) is 17.3 Å². The molecular formula is C15H19F2N3O3. The standard InChI is InChI=1S/C15H19F2N3O3/c1-19(7-6-13(21)22)15(23)18-10-5-8-20(9-10)14-11(16)3-2-4-12(14)17/h2-4,10H,5-9H2,1H3,(H,18,23)(H,21,22). The Morgan fingerprint density at radius 1 is 1.39 bits per heavy atom. The van der Waals surface area contributed by atoms with Crippen LogP contribution in [0.1, 0.15) is 12.8 Å². The van der Waals surface area contributed by atoms with Crippen LogP contribution in [0.25, 0.3) is 0 Å². The van der Waals surface area contributed by atoms with Crippen LogP contribution in [0.5, 0.6) is 0 Å². The maximum Gasteiger partial charge on any atom is 0.317 e. The van der Waals surface area contributed by atoms with E-state index < -0.39 is 23.6 Å². The van der Waals surface area contributed by atoms with Gasteiger partial charge in [0.15, 0.2) is 0 Å². The van der Waals surface area contributed by atoms with Gasteiger partial charge in [-0.15, -0.1) is 0 Å². The van der Waals surface area contributed by atoms with Gasteiger partial charge < -0.3 is 20.2 Å². The molecule has 126 valence electrons. The number of carbonyl (C=O) groups excluding carboxylic acids is 1. The predicted octanol–water partition coefficient (Wildman–Crippen LogP) is 1.66. The molecule has 1 heterocycles. The van der Waals surface area contributed by atoms with Crippen molar-refractivity contribution in [3.63, 3.8) is 0 Å². The van der Waals surface area contributed by atoms with Gasteiger partial charge in [0.05, 0.1) is 6.42 Å². The van der Waals surface area contributed by atoms with E-state index in [-0.39, 0.29) is 24.7 Å². The molecule has 0 radical (unpaired) electrons. The van der Waals surface area contributed by atoms with Gasteiger partial charge in [-0.25, -0.2) is 13.6 Å². The van der Waals surface area contributed by atoms with E-state index in [4.69, 9.17) is 5.11 Å². The molecule has 1 unspecified atom stereocenters. The van der Waals surface area contributed by atoms with Crippen LogP contribution < -0.4 is 10.2 Å². The third-order valence-corrected chi connectivity index (χ3v) is 3.78. The van der Waals surface area contributed by atoms with Crippen molar-refractivity contribution in [1.29, 1.82) is 0 Å². The van der Waals surface area contributed by atoms with Crippen LogP contribution in [0, 0.1) is 11.6 Å². The van der Waals surface area contributed by atoms with Crippen molar-refractivity contribution in [2.45, 2.75) is 18.9 Å². The highest BCUT2D eigenvalue weighted by molar-refractivity contribution is 5.75. The highest BCUT2D eigenvalue weighted by Gasteiger charge is 2.28. The lowest BCUT2D eigenvalue weighted by Crippen LogP contribution is -2.44. The number of nitrogens with zero attached hydrogens (tertiary/aromatic N) is 2. The quantitative estimate of drug-likeness (QED) is 0.863. The third-order valence-electron chi connectivity index (χ3n) is 3.78. The van der Waals surface area contributed by atoms with Crippen LogP contribution in [0.4, 0.5) is 19.3 Å². The molecule has 2 N–H and O–H groups in total. The number of anilines is 1. The molecule has 0 aromatic heterocycles. The molecule has 1 aromatic carbocycles. The van der Waals surface area contributed by atoms with E-state index in [1.165, 1.54) is 30.1 Å². The van der Waals surface area contributed by atoms with Gasteiger partial charge in [0.2, 0.25) is 0 Å². The highest BCUT2D eigenvalue weighted by atomic mass is 19.1. The predicted molar refractivity (Wildman–Crippen MR) is 80.4 cm³/mol. The first-order valence-corrected chi connectivity index (χ1v) is 7.31. The number of carboxylic acids is 1. The Balaban J connectivity index is 1.90. The average molecular weight is 327 g/mol. The summed E-state index contributed by atoms with van der Waals surface area (Å²) < 4.78 is 27.5. The van der Waals surface area contributed by atoms with Crippen LogP contribution in [-0.2, 0) is 4.79 Å². The Kier molecular flexibility index (Phi) is 5.36. The maximum absolute atomic E-state index is 13.8. The molecule has 1 saturated heterocycles. The number of halogens is 2. The summed E-state index contributed by atoms with van der Waals surface area (Å²) >= 11 is 0. The Morgan fingerprint density at radius 3 is 2.65 bits per heavy atom. The summed E-state index contributed by atoms with van der Waals surface area (Å²) in [6.07, 6.45) is 0.424. The number of hydrogen-bond acceptors (Lipinski definition) is 3. The Bertz CT molecular complexity index is 577. The van der Waals surface area contributed by atoms with E-state index in [0.29, 0.717) is 19.5 Å². The first-order chi connectivity index (χ1) is 10.9. The Labute approximate surface area is 132 Å². The first-order valence-electron chi connectivity index (χ1n) is 7.31. The number of aliphatic carboxylic acids is 1. The minimum absolute atomic E-state index is 0.0801. The van der Waals surface area contributed by atoms with Crippen molar-refractivity contribution >= 4 is 17.7 Å². The molecule has 23 heavy (non-hydrogen) atoms. The van der Waals surface area contributed by atoms with Crippen LogP contribution in [0.2, 0.25) is 0 Å². The summed E-state index contributed by atoms with van der Waals surface area (Å²) in [7, 11) is 1.50. The molecule has 1 aromatic rings. The van der Waals surface area contributed by atoms with Crippen LogP contribution in [0.3, 0.4) is 0 Å². The number of amides is 2. The highest BCUT2D eigenvalue weighted by Crippen LogP contribution is 2.26. The largest absolute Gasteiger partial charge is 0.481 e. The van der Waals surface area contributed by atoms with E-state index in [0.717, 1.165) is 0 Å². The molecule has 0 aliphatic carbocycles. The first kappa shape index (κ1) is 17.0. The van der Waals surface area contributed by atoms with Crippen LogP contribution in [-0.4, -0.2) is 54.7 Å². The lowest BCUT2D eigenvalue weighted by atomic mass is 10.2. The summed E-state index contributed by atoms with van der Waals surface area (Å²) in [5.41, 5.74) is -0.0801. The van der Waals surface area contributed by atoms with Gasteiger partial charge in [0.25, 0.3) is 0 Å². The summed E-state index contributed by atoms with van der Waals surface area (Å²) in [6.45, 7) is 0.831. The minimum atomic E-state index is -0.980. The van der Waals surface area contributed by atoms with Crippen molar-refractivity contribution in [1.82, 2.24) is 10.2 Å². The van der Waals surface area contributed by atoms with Gasteiger partial charge in [-0.2, -0.15) is 0 Å². The Hall–Kier alpha value is -2.38. The summed E-state index contributed by atoms with van der Waals surface area (Å²) in [5.74, 6) is -2.24. The topological polar surface area (TPSA) is 72.9 Å². The number of rotatable bonds is 5. The second-order valence-electron chi connectivity index (χ2n) is 5.52. The smallest absolute Gasteiger partial charge is 0.317 e. The molecule has 1 aliphatic rings. The molecule has 0 bridgehead atoms. The summed E-state index contributed by atoms with van der Waals surface area (Å²) in [5, 5.41) is 11.4. The van der Waals surface area contributed by atoms with E-state index in [1.807, 2.05) is 0 Å². The minimum Gasteiger partial charge on any atom is -0.481 e. The number of nitrogens with one attached hydrogen (secondary N) is 1. The van der Waals surface area contributed by atoms with Gasteiger partial charge in [-0.05, 0) is 18.6 Å². The molecule has 1 atom stereocenters. The number of hydrogen-bond donors (Lipinski definition) is 2. The van der Waals surface area contributed by atoms with Crippen LogP contribution in [0.15, 0.2) is 18.2 Å². The number of carbonyl (C=O) groups is 2. The summed E-state index contributed by atoms with van der Waals surface area (Å²) in [4.78, 5) is 25.3. The summed E-state index contributed by atoms with van der Waals surface area (Å²) in [6, 6.07) is 3.07. The van der Waals surface area contributed by atoms with Gasteiger partial charge in [-0.1, -0.05) is 6.07 Å². The molecule has 1 fully saturated rings. The number of urea groups is 1. The number of para-hydroxylation sites is 1. The lowest BCUT2D eigenvalue weighted by Gasteiger charge is -2.22. The molecule has 2 amide bonds. The second-order valence-corrected chi connectivity index (χ2v) is 5.52. The van der Waals surface area contributed by atoms with Crippen molar-refractivity contribution < 1.29 is 23.5 Å². The zero-order chi connectivity index (χ0) is 17.0. The van der Waals surface area contributed by atoms with Crippen molar-refractivity contribution in [2.75, 3.05) is 31.6 Å². The van der Waals surface area contributed by atoms with Gasteiger partial charge in [-0.3, -0.25) is 4.79 Å². The second kappa shape index (κ2) is 7.26. The fraction of sp³-hybridized carbons (Fsp3) is 0.467. The SMILES string of the molecule is CN(CCC(=O)O)C(=O)NC1CCN(c2c(F)cccc2F)C1. The van der Waals surface area contributed by atoms with E-state index in [1.54, 1.807) is 4.90 Å². The van der Waals surface area contributed by atoms with E-state index in [2.05, 4.69) is 5.32 Å². The van der Waals surface area contributed by atoms with Gasteiger partial charge >= 0.3 is 12.0 Å². The number of carboxylic acid groups (broad SMARTS) is 1. The molecule has 6 nitrogen and oxygen atoms in total. The average Bonchev–Trinajstić information content (AvgIpc) is 2.92. The molecule has 1 aliphatic heterocycles. The third kappa shape index (κ3) is 4.30. The van der Waals surface area contributed by atoms with E-state index in [9.17, 15) is 18.4 Å². The molecular weight excluding hydrogens is 308 g/mol. The Morgan fingerprint density at radius 2 is 2.04 bits per heavy atom.